The number of nitrogens with zero attached hydrogens (tertiary/aromatic N) is 2. The van der Waals surface area contributed by atoms with Crippen molar-refractivity contribution in [3.63, 3.8) is 0 Å². The smallest absolute Gasteiger partial charge is 0.256 e. The van der Waals surface area contributed by atoms with E-state index in [-0.39, 0.29) is 27.4 Å². The van der Waals surface area contributed by atoms with E-state index in [0.717, 1.165) is 34.3 Å². The number of fused-ring (bicyclic) bond motifs is 1. The fraction of sp³-hybridized carbons (Fsp3) is 0.263. The maximum atomic E-state index is 13.2. The van der Waals surface area contributed by atoms with Gasteiger partial charge in [0.05, 0.1) is 31.7 Å². The van der Waals surface area contributed by atoms with E-state index in [1.165, 1.54) is 18.2 Å². The third-order valence-corrected chi connectivity index (χ3v) is 7.28. The molecule has 2 heterocycles. The number of sulfone groups is 1. The molecule has 4 rings (SSSR count). The Hall–Kier alpha value is -1.96. The van der Waals surface area contributed by atoms with Gasteiger partial charge in [-0.05, 0) is 43.2 Å². The van der Waals surface area contributed by atoms with Crippen molar-refractivity contribution in [3.8, 4) is 0 Å². The third kappa shape index (κ3) is 3.47. The van der Waals surface area contributed by atoms with Gasteiger partial charge in [0.2, 0.25) is 0 Å². The first-order chi connectivity index (χ1) is 12.8. The molecule has 27 heavy (non-hydrogen) atoms. The van der Waals surface area contributed by atoms with Gasteiger partial charge in [0, 0.05) is 12.8 Å². The molecule has 140 valence electrons. The van der Waals surface area contributed by atoms with Crippen molar-refractivity contribution in [2.24, 2.45) is 0 Å². The van der Waals surface area contributed by atoms with E-state index in [1.807, 2.05) is 24.3 Å². The minimum Gasteiger partial charge on any atom is -0.329 e. The fourth-order valence-corrected chi connectivity index (χ4v) is 5.31. The van der Waals surface area contributed by atoms with Gasteiger partial charge in [0.1, 0.15) is 5.01 Å². The highest BCUT2D eigenvalue weighted by Gasteiger charge is 2.34. The van der Waals surface area contributed by atoms with Gasteiger partial charge >= 0.3 is 0 Å². The zero-order valence-corrected chi connectivity index (χ0v) is 16.9. The Balaban J connectivity index is 1.71. The highest BCUT2D eigenvalue weighted by atomic mass is 35.5. The van der Waals surface area contributed by atoms with Crippen molar-refractivity contribution in [2.75, 3.05) is 12.8 Å². The molecular weight excluding hydrogens is 404 g/mol. The molecule has 3 aromatic rings. The van der Waals surface area contributed by atoms with Gasteiger partial charge in [0.25, 0.3) is 5.91 Å². The van der Waals surface area contributed by atoms with E-state index in [2.05, 4.69) is 0 Å². The van der Waals surface area contributed by atoms with E-state index in [9.17, 15) is 13.2 Å². The van der Waals surface area contributed by atoms with Crippen LogP contribution < -0.4 is 0 Å². The highest BCUT2D eigenvalue weighted by molar-refractivity contribution is 7.90. The number of halogens is 1. The molecule has 1 unspecified atom stereocenters. The van der Waals surface area contributed by atoms with Crippen LogP contribution in [0.2, 0.25) is 5.02 Å². The number of rotatable bonds is 3. The number of carbonyl (C=O) groups excluding carboxylic acids is 1. The molecule has 1 atom stereocenters. The molecule has 0 N–H and O–H groups in total. The third-order valence-electron chi connectivity index (χ3n) is 4.71. The summed E-state index contributed by atoms with van der Waals surface area (Å²) in [6.45, 7) is 0.596. The van der Waals surface area contributed by atoms with Crippen LogP contribution in [0.1, 0.15) is 34.2 Å². The Morgan fingerprint density at radius 3 is 2.78 bits per heavy atom. The Morgan fingerprint density at radius 1 is 1.26 bits per heavy atom. The summed E-state index contributed by atoms with van der Waals surface area (Å²) >= 11 is 7.81. The number of hydrogen-bond donors (Lipinski definition) is 0. The zero-order chi connectivity index (χ0) is 19.2. The van der Waals surface area contributed by atoms with Crippen LogP contribution in [-0.2, 0) is 9.84 Å². The SMILES string of the molecule is CS(=O)(=O)c1ccc(Cl)c(C(=O)N2CCCC2c2nc3ccccc3s2)c1. The van der Waals surface area contributed by atoms with Crippen LogP contribution in [0.25, 0.3) is 10.2 Å². The largest absolute Gasteiger partial charge is 0.329 e. The Labute approximate surface area is 166 Å². The van der Waals surface area contributed by atoms with Crippen LogP contribution in [0.15, 0.2) is 47.4 Å². The van der Waals surface area contributed by atoms with Crippen LogP contribution in [0.5, 0.6) is 0 Å². The first-order valence-corrected chi connectivity index (χ1v) is 11.6. The summed E-state index contributed by atoms with van der Waals surface area (Å²) in [6, 6.07) is 12.0. The van der Waals surface area contributed by atoms with Crippen molar-refractivity contribution in [2.45, 2.75) is 23.8 Å². The van der Waals surface area contributed by atoms with Gasteiger partial charge in [-0.25, -0.2) is 13.4 Å². The van der Waals surface area contributed by atoms with Crippen LogP contribution in [-0.4, -0.2) is 37.0 Å². The van der Waals surface area contributed by atoms with Gasteiger partial charge in [-0.15, -0.1) is 11.3 Å². The lowest BCUT2D eigenvalue weighted by molar-refractivity contribution is 0.0735. The number of aromatic nitrogens is 1. The minimum absolute atomic E-state index is 0.0889. The zero-order valence-electron chi connectivity index (χ0n) is 14.6. The maximum absolute atomic E-state index is 13.2. The van der Waals surface area contributed by atoms with E-state index < -0.39 is 9.84 Å². The van der Waals surface area contributed by atoms with Crippen molar-refractivity contribution in [3.05, 3.63) is 58.1 Å². The van der Waals surface area contributed by atoms with Crippen molar-refractivity contribution >= 4 is 48.9 Å². The van der Waals surface area contributed by atoms with Gasteiger partial charge in [0.15, 0.2) is 9.84 Å². The van der Waals surface area contributed by atoms with Crippen molar-refractivity contribution in [1.82, 2.24) is 9.88 Å². The summed E-state index contributed by atoms with van der Waals surface area (Å²) in [4.78, 5) is 19.7. The second-order valence-electron chi connectivity index (χ2n) is 6.59. The summed E-state index contributed by atoms with van der Waals surface area (Å²) in [7, 11) is -3.42. The van der Waals surface area contributed by atoms with Gasteiger partial charge < -0.3 is 4.90 Å². The maximum Gasteiger partial charge on any atom is 0.256 e. The lowest BCUT2D eigenvalue weighted by atomic mass is 10.1. The molecule has 0 spiro atoms. The van der Waals surface area contributed by atoms with Gasteiger partial charge in [-0.3, -0.25) is 4.79 Å². The van der Waals surface area contributed by atoms with Crippen LogP contribution in [0, 0.1) is 0 Å². The summed E-state index contributed by atoms with van der Waals surface area (Å²) in [5, 5.41) is 1.15. The van der Waals surface area contributed by atoms with Gasteiger partial charge in [-0.2, -0.15) is 0 Å². The topological polar surface area (TPSA) is 67.3 Å². The first kappa shape index (κ1) is 18.4. The highest BCUT2D eigenvalue weighted by Crippen LogP contribution is 2.38. The number of para-hydroxylation sites is 1. The number of benzene rings is 2. The van der Waals surface area contributed by atoms with Crippen LogP contribution in [0.3, 0.4) is 0 Å². The number of amides is 1. The molecule has 0 saturated carbocycles. The predicted molar refractivity (Wildman–Crippen MR) is 107 cm³/mol. The molecule has 0 aliphatic carbocycles. The lowest BCUT2D eigenvalue weighted by Crippen LogP contribution is -2.30. The fourth-order valence-electron chi connectivity index (χ4n) is 3.35. The molecule has 1 fully saturated rings. The molecular formula is C19H17ClN2O3S2. The Kier molecular flexibility index (Phi) is 4.70. The summed E-state index contributed by atoms with van der Waals surface area (Å²) in [5.41, 5.74) is 1.14. The Bertz CT molecular complexity index is 1110. The molecule has 1 saturated heterocycles. The predicted octanol–water partition coefficient (Wildman–Crippen LogP) is 4.33. The molecule has 0 bridgehead atoms. The molecule has 1 aliphatic heterocycles. The first-order valence-electron chi connectivity index (χ1n) is 8.50. The van der Waals surface area contributed by atoms with Crippen molar-refractivity contribution in [1.29, 1.82) is 0 Å². The number of thiazole rings is 1. The van der Waals surface area contributed by atoms with E-state index in [4.69, 9.17) is 16.6 Å². The van der Waals surface area contributed by atoms with E-state index in [1.54, 1.807) is 16.2 Å². The summed E-state index contributed by atoms with van der Waals surface area (Å²) in [5.74, 6) is -0.257. The monoisotopic (exact) mass is 420 g/mol. The molecule has 0 radical (unpaired) electrons. The molecule has 5 nitrogen and oxygen atoms in total. The van der Waals surface area contributed by atoms with Crippen molar-refractivity contribution < 1.29 is 13.2 Å². The minimum atomic E-state index is -3.42. The molecule has 1 aliphatic rings. The van der Waals surface area contributed by atoms with E-state index >= 15 is 0 Å². The second kappa shape index (κ2) is 6.89. The van der Waals surface area contributed by atoms with Crippen LogP contribution >= 0.6 is 22.9 Å². The summed E-state index contributed by atoms with van der Waals surface area (Å²) in [6.07, 6.45) is 2.81. The number of likely N-dealkylation sites (tertiary alicyclic amines) is 1. The normalized spacial score (nSPS) is 17.6. The molecule has 1 aromatic heterocycles. The number of hydrogen-bond acceptors (Lipinski definition) is 5. The average molecular weight is 421 g/mol. The average Bonchev–Trinajstić information content (AvgIpc) is 3.27. The molecule has 2 aromatic carbocycles. The quantitative estimate of drug-likeness (QED) is 0.632. The number of carbonyl (C=O) groups is 1. The molecule has 8 heteroatoms. The summed E-state index contributed by atoms with van der Waals surface area (Å²) < 4.78 is 24.8. The lowest BCUT2D eigenvalue weighted by Gasteiger charge is -2.23. The van der Waals surface area contributed by atoms with Gasteiger partial charge in [-0.1, -0.05) is 23.7 Å². The molecule has 1 amide bonds. The van der Waals surface area contributed by atoms with Crippen LogP contribution in [0.4, 0.5) is 0 Å². The van der Waals surface area contributed by atoms with E-state index in [0.29, 0.717) is 6.54 Å². The standard InChI is InChI=1S/C19H17ClN2O3S2/c1-27(24,25)12-8-9-14(20)13(11-12)19(23)22-10-4-6-16(22)18-21-15-5-2-3-7-17(15)26-18/h2-3,5,7-9,11,16H,4,6,10H2,1H3. The second-order valence-corrected chi connectivity index (χ2v) is 10.1. The Morgan fingerprint density at radius 2 is 2.04 bits per heavy atom.